The fourth-order valence-electron chi connectivity index (χ4n) is 2.91. The van der Waals surface area contributed by atoms with Crippen molar-refractivity contribution in [2.45, 2.75) is 19.4 Å². The van der Waals surface area contributed by atoms with E-state index in [0.29, 0.717) is 18.9 Å². The molecule has 0 spiro atoms. The van der Waals surface area contributed by atoms with Crippen molar-refractivity contribution in [1.29, 1.82) is 0 Å². The predicted molar refractivity (Wildman–Crippen MR) is 115 cm³/mol. The normalized spacial score (nSPS) is 11.8. The molecule has 8 heteroatoms. The highest BCUT2D eigenvalue weighted by Crippen LogP contribution is 2.26. The van der Waals surface area contributed by atoms with Crippen LogP contribution in [0.3, 0.4) is 0 Å². The van der Waals surface area contributed by atoms with Crippen LogP contribution in [-0.4, -0.2) is 41.2 Å². The number of amides is 1. The van der Waals surface area contributed by atoms with Gasteiger partial charge in [0.15, 0.2) is 0 Å². The minimum atomic E-state index is -0.496. The summed E-state index contributed by atoms with van der Waals surface area (Å²) in [5, 5.41) is 7.21. The first kappa shape index (κ1) is 21.0. The third-order valence-electron chi connectivity index (χ3n) is 4.40. The van der Waals surface area contributed by atoms with E-state index in [-0.39, 0.29) is 6.04 Å². The van der Waals surface area contributed by atoms with E-state index in [2.05, 4.69) is 36.1 Å². The Bertz CT molecular complexity index is 926. The number of rotatable bonds is 8. The predicted octanol–water partition coefficient (Wildman–Crippen LogP) is 4.90. The number of anilines is 1. The molecule has 2 heterocycles. The smallest absolute Gasteiger partial charge is 0.411 e. The van der Waals surface area contributed by atoms with E-state index in [1.54, 1.807) is 6.20 Å². The molecule has 0 saturated heterocycles. The maximum Gasteiger partial charge on any atom is 0.411 e. The molecule has 0 aliphatic heterocycles. The largest absolute Gasteiger partial charge is 0.453 e. The lowest BCUT2D eigenvalue weighted by Crippen LogP contribution is -2.15. The average molecular weight is 459 g/mol. The van der Waals surface area contributed by atoms with Crippen LogP contribution in [0.15, 0.2) is 59.5 Å². The standard InChI is InChI=1S/C21H23BrN4O3/c1-3-29-11-10-20(19-9-6-17(22)13-23-19)26-14-16(12-24-26)15-4-7-18(8-5-15)25-21(27)28-2/h4-9,12-14,20H,3,10-11H2,1-2H3,(H,25,27). The first-order valence-corrected chi connectivity index (χ1v) is 10.1. The number of carbonyl (C=O) groups is 1. The topological polar surface area (TPSA) is 78.3 Å². The number of benzene rings is 1. The second-order valence-electron chi connectivity index (χ2n) is 6.31. The highest BCUT2D eigenvalue weighted by molar-refractivity contribution is 9.10. The lowest BCUT2D eigenvalue weighted by Gasteiger charge is -2.17. The first-order chi connectivity index (χ1) is 14.1. The molecule has 1 amide bonds. The lowest BCUT2D eigenvalue weighted by molar-refractivity contribution is 0.135. The number of hydrogen-bond acceptors (Lipinski definition) is 5. The maximum atomic E-state index is 11.3. The molecule has 1 atom stereocenters. The van der Waals surface area contributed by atoms with Crippen LogP contribution in [0.1, 0.15) is 25.1 Å². The van der Waals surface area contributed by atoms with Crippen molar-refractivity contribution in [1.82, 2.24) is 14.8 Å². The van der Waals surface area contributed by atoms with Crippen LogP contribution in [0, 0.1) is 0 Å². The molecule has 0 radical (unpaired) electrons. The van der Waals surface area contributed by atoms with Gasteiger partial charge in [-0.2, -0.15) is 5.10 Å². The van der Waals surface area contributed by atoms with Crippen LogP contribution < -0.4 is 5.32 Å². The molecule has 7 nitrogen and oxygen atoms in total. The van der Waals surface area contributed by atoms with E-state index in [1.165, 1.54) is 7.11 Å². The molecule has 152 valence electrons. The average Bonchev–Trinajstić information content (AvgIpc) is 3.22. The van der Waals surface area contributed by atoms with Gasteiger partial charge in [-0.25, -0.2) is 4.79 Å². The van der Waals surface area contributed by atoms with Gasteiger partial charge in [-0.1, -0.05) is 12.1 Å². The molecule has 0 saturated carbocycles. The molecule has 0 fully saturated rings. The number of carbonyl (C=O) groups excluding carboxylic acids is 1. The van der Waals surface area contributed by atoms with E-state index in [0.717, 1.165) is 27.7 Å². The molecule has 0 aliphatic carbocycles. The van der Waals surface area contributed by atoms with Crippen LogP contribution in [-0.2, 0) is 9.47 Å². The molecular weight excluding hydrogens is 436 g/mol. The van der Waals surface area contributed by atoms with Gasteiger partial charge in [-0.15, -0.1) is 0 Å². The minimum absolute atomic E-state index is 0.0244. The maximum absolute atomic E-state index is 11.3. The second-order valence-corrected chi connectivity index (χ2v) is 7.22. The fourth-order valence-corrected chi connectivity index (χ4v) is 3.15. The van der Waals surface area contributed by atoms with Crippen molar-refractivity contribution in [2.24, 2.45) is 0 Å². The summed E-state index contributed by atoms with van der Waals surface area (Å²) in [6.07, 6.45) is 5.90. The molecule has 3 rings (SSSR count). The molecule has 29 heavy (non-hydrogen) atoms. The summed E-state index contributed by atoms with van der Waals surface area (Å²) >= 11 is 3.43. The minimum Gasteiger partial charge on any atom is -0.453 e. The highest BCUT2D eigenvalue weighted by atomic mass is 79.9. The van der Waals surface area contributed by atoms with Crippen LogP contribution in [0.25, 0.3) is 11.1 Å². The van der Waals surface area contributed by atoms with Gasteiger partial charge in [-0.3, -0.25) is 15.0 Å². The Balaban J connectivity index is 1.80. The number of hydrogen-bond donors (Lipinski definition) is 1. The van der Waals surface area contributed by atoms with E-state index in [4.69, 9.17) is 4.74 Å². The number of nitrogens with one attached hydrogen (secondary N) is 1. The summed E-state index contributed by atoms with van der Waals surface area (Å²) < 4.78 is 13.0. The van der Waals surface area contributed by atoms with Crippen molar-refractivity contribution >= 4 is 27.7 Å². The number of ether oxygens (including phenoxy) is 2. The quantitative estimate of drug-likeness (QED) is 0.485. The molecular formula is C21H23BrN4O3. The van der Waals surface area contributed by atoms with Gasteiger partial charge >= 0.3 is 6.09 Å². The van der Waals surface area contributed by atoms with E-state index in [9.17, 15) is 4.79 Å². The van der Waals surface area contributed by atoms with Gasteiger partial charge in [0.1, 0.15) is 0 Å². The molecule has 0 aliphatic rings. The van der Waals surface area contributed by atoms with Crippen LogP contribution >= 0.6 is 15.9 Å². The van der Waals surface area contributed by atoms with Gasteiger partial charge in [0.2, 0.25) is 0 Å². The SMILES string of the molecule is CCOCCC(c1ccc(Br)cn1)n1cc(-c2ccc(NC(=O)OC)cc2)cn1. The monoisotopic (exact) mass is 458 g/mol. The Hall–Kier alpha value is -2.71. The van der Waals surface area contributed by atoms with Crippen LogP contribution in [0.4, 0.5) is 10.5 Å². The molecule has 1 N–H and O–H groups in total. The number of pyridine rings is 1. The Kier molecular flexibility index (Phi) is 7.37. The summed E-state index contributed by atoms with van der Waals surface area (Å²) in [6, 6.07) is 11.5. The van der Waals surface area contributed by atoms with E-state index >= 15 is 0 Å². The summed E-state index contributed by atoms with van der Waals surface area (Å²) in [6.45, 7) is 3.29. The Morgan fingerprint density at radius 3 is 2.62 bits per heavy atom. The van der Waals surface area contributed by atoms with Crippen molar-refractivity contribution in [3.63, 3.8) is 0 Å². The second kappa shape index (κ2) is 10.2. The number of halogens is 1. The number of nitrogens with zero attached hydrogens (tertiary/aromatic N) is 3. The van der Waals surface area contributed by atoms with Crippen molar-refractivity contribution in [3.05, 3.63) is 65.2 Å². The van der Waals surface area contributed by atoms with Gasteiger partial charge in [0.05, 0.1) is 25.0 Å². The summed E-state index contributed by atoms with van der Waals surface area (Å²) in [4.78, 5) is 15.9. The Morgan fingerprint density at radius 1 is 1.17 bits per heavy atom. The van der Waals surface area contributed by atoms with Crippen LogP contribution in [0.5, 0.6) is 0 Å². The summed E-state index contributed by atoms with van der Waals surface area (Å²) in [5.74, 6) is 0. The van der Waals surface area contributed by atoms with Gasteiger partial charge < -0.3 is 9.47 Å². The highest BCUT2D eigenvalue weighted by Gasteiger charge is 2.17. The van der Waals surface area contributed by atoms with Crippen molar-refractivity contribution < 1.29 is 14.3 Å². The fraction of sp³-hybridized carbons (Fsp3) is 0.286. The molecule has 1 aromatic carbocycles. The number of methoxy groups -OCH3 is 1. The van der Waals surface area contributed by atoms with Crippen molar-refractivity contribution in [2.75, 3.05) is 25.6 Å². The van der Waals surface area contributed by atoms with E-state index < -0.39 is 6.09 Å². The lowest BCUT2D eigenvalue weighted by atomic mass is 10.1. The van der Waals surface area contributed by atoms with Crippen molar-refractivity contribution in [3.8, 4) is 11.1 Å². The third-order valence-corrected chi connectivity index (χ3v) is 4.87. The zero-order valence-electron chi connectivity index (χ0n) is 16.3. The third kappa shape index (κ3) is 5.65. The van der Waals surface area contributed by atoms with E-state index in [1.807, 2.05) is 60.4 Å². The molecule has 0 bridgehead atoms. The zero-order valence-corrected chi connectivity index (χ0v) is 17.9. The Labute approximate surface area is 178 Å². The molecule has 1 unspecified atom stereocenters. The number of aromatic nitrogens is 3. The van der Waals surface area contributed by atoms with Crippen LogP contribution in [0.2, 0.25) is 0 Å². The summed E-state index contributed by atoms with van der Waals surface area (Å²) in [5.41, 5.74) is 3.58. The van der Waals surface area contributed by atoms with Gasteiger partial charge in [-0.05, 0) is 59.1 Å². The summed E-state index contributed by atoms with van der Waals surface area (Å²) in [7, 11) is 1.33. The molecule has 3 aromatic rings. The molecule has 2 aromatic heterocycles. The Morgan fingerprint density at radius 2 is 1.97 bits per heavy atom. The zero-order chi connectivity index (χ0) is 20.6. The van der Waals surface area contributed by atoms with Gasteiger partial charge in [0, 0.05) is 41.3 Å². The first-order valence-electron chi connectivity index (χ1n) is 9.29. The van der Waals surface area contributed by atoms with Gasteiger partial charge in [0.25, 0.3) is 0 Å².